The lowest BCUT2D eigenvalue weighted by molar-refractivity contribution is -0.385. The van der Waals surface area contributed by atoms with Crippen LogP contribution < -0.4 is 5.73 Å². The van der Waals surface area contributed by atoms with Crippen molar-refractivity contribution >= 4 is 11.5 Å². The predicted octanol–water partition coefficient (Wildman–Crippen LogP) is 3.26. The number of hydrogen-bond donors (Lipinski definition) is 1. The first-order valence-electron chi connectivity index (χ1n) is 5.92. The number of nitro groups is 1. The van der Waals surface area contributed by atoms with E-state index in [1.165, 1.54) is 6.07 Å². The van der Waals surface area contributed by atoms with Gasteiger partial charge >= 0.3 is 0 Å². The van der Waals surface area contributed by atoms with Crippen LogP contribution in [0.15, 0.2) is 22.7 Å². The van der Waals surface area contributed by atoms with Crippen molar-refractivity contribution in [3.8, 4) is 11.3 Å². The molecule has 0 bridgehead atoms. The minimum absolute atomic E-state index is 0.0855. The number of nitro benzene ring substituents is 1. The van der Waals surface area contributed by atoms with Crippen LogP contribution in [0.5, 0.6) is 0 Å². The lowest BCUT2D eigenvalue weighted by Gasteiger charge is -2.06. The van der Waals surface area contributed by atoms with Crippen molar-refractivity contribution < 1.29 is 9.45 Å². The Morgan fingerprint density at radius 1 is 1.42 bits per heavy atom. The van der Waals surface area contributed by atoms with Crippen LogP contribution in [0.3, 0.4) is 0 Å². The van der Waals surface area contributed by atoms with E-state index in [-0.39, 0.29) is 11.6 Å². The Morgan fingerprint density at radius 3 is 2.63 bits per heavy atom. The van der Waals surface area contributed by atoms with Crippen molar-refractivity contribution in [3.05, 3.63) is 39.4 Å². The third kappa shape index (κ3) is 2.29. The van der Waals surface area contributed by atoms with Crippen LogP contribution in [-0.2, 0) is 0 Å². The van der Waals surface area contributed by atoms with Crippen molar-refractivity contribution in [3.63, 3.8) is 0 Å². The summed E-state index contributed by atoms with van der Waals surface area (Å²) in [6, 6.07) is 4.83. The summed E-state index contributed by atoms with van der Waals surface area (Å²) in [5, 5.41) is 14.6. The fraction of sp³-hybridized carbons (Fsp3) is 0.308. The van der Waals surface area contributed by atoms with Crippen molar-refractivity contribution in [1.82, 2.24) is 5.16 Å². The van der Waals surface area contributed by atoms with Crippen LogP contribution >= 0.6 is 0 Å². The Morgan fingerprint density at radius 2 is 2.11 bits per heavy atom. The fourth-order valence-electron chi connectivity index (χ4n) is 2.08. The molecule has 6 nitrogen and oxygen atoms in total. The minimum atomic E-state index is -0.406. The molecule has 2 aromatic rings. The van der Waals surface area contributed by atoms with E-state index in [2.05, 4.69) is 5.16 Å². The van der Waals surface area contributed by atoms with Gasteiger partial charge in [0, 0.05) is 22.8 Å². The molecule has 1 aromatic carbocycles. The molecule has 1 aromatic heterocycles. The van der Waals surface area contributed by atoms with Gasteiger partial charge in [-0.1, -0.05) is 19.0 Å². The van der Waals surface area contributed by atoms with E-state index in [4.69, 9.17) is 10.3 Å². The van der Waals surface area contributed by atoms with Crippen molar-refractivity contribution in [2.24, 2.45) is 0 Å². The van der Waals surface area contributed by atoms with Crippen LogP contribution in [0.2, 0.25) is 0 Å². The summed E-state index contributed by atoms with van der Waals surface area (Å²) in [5.74, 6) is 1.10. The maximum atomic E-state index is 10.8. The topological polar surface area (TPSA) is 95.2 Å². The number of nitrogens with two attached hydrogens (primary N) is 1. The summed E-state index contributed by atoms with van der Waals surface area (Å²) < 4.78 is 5.25. The molecule has 0 amide bonds. The fourth-order valence-corrected chi connectivity index (χ4v) is 2.08. The average molecular weight is 261 g/mol. The van der Waals surface area contributed by atoms with E-state index in [0.717, 1.165) is 11.1 Å². The normalized spacial score (nSPS) is 10.9. The zero-order chi connectivity index (χ0) is 14.2. The molecule has 0 aliphatic rings. The van der Waals surface area contributed by atoms with E-state index in [1.54, 1.807) is 19.1 Å². The maximum absolute atomic E-state index is 10.8. The molecule has 2 N–H and O–H groups in total. The van der Waals surface area contributed by atoms with Gasteiger partial charge in [0.05, 0.1) is 4.92 Å². The summed E-state index contributed by atoms with van der Waals surface area (Å²) in [4.78, 5) is 10.4. The highest BCUT2D eigenvalue weighted by Crippen LogP contribution is 2.35. The number of aryl methyl sites for hydroxylation is 1. The molecule has 6 heteroatoms. The molecule has 0 fully saturated rings. The summed E-state index contributed by atoms with van der Waals surface area (Å²) in [5.41, 5.74) is 8.02. The Bertz CT molecular complexity index is 632. The van der Waals surface area contributed by atoms with Crippen LogP contribution in [0.25, 0.3) is 11.3 Å². The number of benzene rings is 1. The Kier molecular flexibility index (Phi) is 3.25. The molecule has 100 valence electrons. The second-order valence-corrected chi connectivity index (χ2v) is 4.72. The van der Waals surface area contributed by atoms with Gasteiger partial charge in [-0.15, -0.1) is 0 Å². The largest absolute Gasteiger partial charge is 0.381 e. The first kappa shape index (κ1) is 13.1. The molecule has 0 spiro atoms. The monoisotopic (exact) mass is 261 g/mol. The summed E-state index contributed by atoms with van der Waals surface area (Å²) in [6.45, 7) is 5.67. The first-order valence-corrected chi connectivity index (χ1v) is 5.92. The Hall–Kier alpha value is -2.37. The molecule has 0 atom stereocenters. The molecule has 1 heterocycles. The minimum Gasteiger partial charge on any atom is -0.381 e. The van der Waals surface area contributed by atoms with Gasteiger partial charge in [0.1, 0.15) is 0 Å². The van der Waals surface area contributed by atoms with Crippen molar-refractivity contribution in [2.45, 2.75) is 26.7 Å². The maximum Gasteiger partial charge on any atom is 0.272 e. The highest BCUT2D eigenvalue weighted by Gasteiger charge is 2.20. The molecule has 0 saturated carbocycles. The first-order chi connectivity index (χ1) is 8.91. The van der Waals surface area contributed by atoms with Crippen molar-refractivity contribution in [2.75, 3.05) is 5.73 Å². The molecule has 0 saturated heterocycles. The van der Waals surface area contributed by atoms with Crippen molar-refractivity contribution in [1.29, 1.82) is 0 Å². The van der Waals surface area contributed by atoms with E-state index < -0.39 is 4.92 Å². The number of nitrogens with zero attached hydrogens (tertiary/aromatic N) is 2. The smallest absolute Gasteiger partial charge is 0.272 e. The zero-order valence-corrected chi connectivity index (χ0v) is 11.0. The second-order valence-electron chi connectivity index (χ2n) is 4.72. The van der Waals surface area contributed by atoms with E-state index in [0.29, 0.717) is 17.1 Å². The van der Waals surface area contributed by atoms with Crippen LogP contribution in [0, 0.1) is 17.0 Å². The lowest BCUT2D eigenvalue weighted by Crippen LogP contribution is -1.96. The van der Waals surface area contributed by atoms with Gasteiger partial charge in [-0.25, -0.2) is 0 Å². The van der Waals surface area contributed by atoms with Gasteiger partial charge in [0.15, 0.2) is 11.6 Å². The number of rotatable bonds is 3. The molecular formula is C13H15N3O3. The number of nitrogen functional groups attached to an aromatic ring is 1. The predicted molar refractivity (Wildman–Crippen MR) is 71.8 cm³/mol. The number of hydrogen-bond acceptors (Lipinski definition) is 5. The average Bonchev–Trinajstić information content (AvgIpc) is 2.70. The van der Waals surface area contributed by atoms with Crippen LogP contribution in [-0.4, -0.2) is 10.1 Å². The number of aromatic nitrogens is 1. The summed E-state index contributed by atoms with van der Waals surface area (Å²) in [7, 11) is 0. The Balaban J connectivity index is 2.54. The van der Waals surface area contributed by atoms with Crippen LogP contribution in [0.4, 0.5) is 11.5 Å². The lowest BCUT2D eigenvalue weighted by atomic mass is 9.98. The number of anilines is 1. The van der Waals surface area contributed by atoms with Gasteiger partial charge in [-0.05, 0) is 25.0 Å². The molecular weight excluding hydrogens is 246 g/mol. The standard InChI is InChI=1S/C13H15N3O3/c1-7(2)11-12(19-15-13(11)14)9-4-5-10(16(17)18)8(3)6-9/h4-7H,1-3H3,(H2,14,15). The van der Waals surface area contributed by atoms with Gasteiger partial charge < -0.3 is 10.3 Å². The molecule has 19 heavy (non-hydrogen) atoms. The zero-order valence-electron chi connectivity index (χ0n) is 11.0. The quantitative estimate of drug-likeness (QED) is 0.675. The van der Waals surface area contributed by atoms with Gasteiger partial charge in [0.2, 0.25) is 0 Å². The third-order valence-electron chi connectivity index (χ3n) is 2.99. The molecule has 0 aliphatic heterocycles. The molecule has 0 aliphatic carbocycles. The van der Waals surface area contributed by atoms with Gasteiger partial charge in [-0.2, -0.15) is 0 Å². The SMILES string of the molecule is Cc1cc(-c2onc(N)c2C(C)C)ccc1[N+](=O)[O-]. The highest BCUT2D eigenvalue weighted by molar-refractivity contribution is 5.69. The molecule has 2 rings (SSSR count). The highest BCUT2D eigenvalue weighted by atomic mass is 16.6. The van der Waals surface area contributed by atoms with E-state index in [1.807, 2.05) is 13.8 Å². The molecule has 0 radical (unpaired) electrons. The third-order valence-corrected chi connectivity index (χ3v) is 2.99. The van der Waals surface area contributed by atoms with Gasteiger partial charge in [-0.3, -0.25) is 10.1 Å². The van der Waals surface area contributed by atoms with Gasteiger partial charge in [0.25, 0.3) is 5.69 Å². The molecule has 0 unspecified atom stereocenters. The summed E-state index contributed by atoms with van der Waals surface area (Å²) >= 11 is 0. The van der Waals surface area contributed by atoms with E-state index >= 15 is 0 Å². The summed E-state index contributed by atoms with van der Waals surface area (Å²) in [6.07, 6.45) is 0. The Labute approximate surface area is 110 Å². The van der Waals surface area contributed by atoms with E-state index in [9.17, 15) is 10.1 Å². The second kappa shape index (κ2) is 4.72. The van der Waals surface area contributed by atoms with Crippen LogP contribution in [0.1, 0.15) is 30.9 Å².